The van der Waals surface area contributed by atoms with Crippen LogP contribution in [0.4, 0.5) is 39.5 Å². The number of ether oxygens (including phenoxy) is 1. The lowest BCUT2D eigenvalue weighted by Crippen LogP contribution is -2.24. The predicted molar refractivity (Wildman–Crippen MR) is 466 cm³/mol. The molecule has 21 nitrogen and oxygen atoms in total. The van der Waals surface area contributed by atoms with E-state index in [0.717, 1.165) is 67.7 Å². The molecule has 0 atom stereocenters. The highest BCUT2D eigenvalue weighted by molar-refractivity contribution is 5.94. The van der Waals surface area contributed by atoms with Crippen molar-refractivity contribution in [2.45, 2.75) is 131 Å². The van der Waals surface area contributed by atoms with Crippen molar-refractivity contribution in [2.75, 3.05) is 7.11 Å². The highest BCUT2D eigenvalue weighted by atomic mass is 19.4. The van der Waals surface area contributed by atoms with Crippen LogP contribution in [0.2, 0.25) is 0 Å². The third kappa shape index (κ3) is 24.5. The van der Waals surface area contributed by atoms with Crippen molar-refractivity contribution in [3.05, 3.63) is 358 Å². The first-order chi connectivity index (χ1) is 59.8. The van der Waals surface area contributed by atoms with E-state index < -0.39 is 35.2 Å². The van der Waals surface area contributed by atoms with Gasteiger partial charge in [0.15, 0.2) is 0 Å². The fourth-order valence-electron chi connectivity index (χ4n) is 14.7. The van der Waals surface area contributed by atoms with E-state index in [0.29, 0.717) is 90.3 Å². The molecular weight excluding hydrogens is 1650 g/mol. The summed E-state index contributed by atoms with van der Waals surface area (Å²) in [4.78, 5) is 122. The summed E-state index contributed by atoms with van der Waals surface area (Å²) >= 11 is 0. The van der Waals surface area contributed by atoms with Gasteiger partial charge in [0.25, 0.3) is 27.8 Å². The SMILES string of the molecule is COc1ccc(CC(=O)Cc2nn(C)c(=O)c3ccccc23)cc1C(F)(F)F.Cc1ccc(CC(=O)Cc2cc(C)c(=O)n(C)n2)cc1C(F)(F)F.Cc1ccc(CC(=O)Cc2nn(C)c(=O)c3ccccc23)c(C)c1.Cc1ccc(CC(=O)Cc2nn(C)c(=O)c3ccccc23)c(C)c1.Cc1ccc(CC(=O)Cc2nn(C)c(=O)c3ccccc23)cc1C(F)(F)F. The number of methoxy groups -OCH3 is 1. The second-order valence-electron chi connectivity index (χ2n) is 31.1. The van der Waals surface area contributed by atoms with Crippen LogP contribution in [-0.2, 0) is 142 Å². The zero-order chi connectivity index (χ0) is 92.8. The largest absolute Gasteiger partial charge is 0.496 e. The van der Waals surface area contributed by atoms with Gasteiger partial charge in [-0.25, -0.2) is 23.4 Å². The lowest BCUT2D eigenvalue weighted by Gasteiger charge is -2.13. The minimum atomic E-state index is -4.58. The Morgan fingerprint density at radius 1 is 0.283 bits per heavy atom. The molecular formula is C97H91F9N10O11. The van der Waals surface area contributed by atoms with Gasteiger partial charge >= 0.3 is 18.5 Å². The van der Waals surface area contributed by atoms with Gasteiger partial charge in [0.05, 0.1) is 106 Å². The van der Waals surface area contributed by atoms with Crippen molar-refractivity contribution in [1.82, 2.24) is 48.9 Å². The quantitative estimate of drug-likeness (QED) is 0.0605. The summed E-state index contributed by atoms with van der Waals surface area (Å²) in [5.41, 5.74) is 7.33. The number of ketones is 5. The fourth-order valence-corrected chi connectivity index (χ4v) is 14.7. The molecule has 0 saturated carbocycles. The molecule has 14 rings (SSSR count). The number of aryl methyl sites for hydroxylation is 12. The summed E-state index contributed by atoms with van der Waals surface area (Å²) in [6.45, 7) is 12.5. The Balaban J connectivity index is 0.000000166. The summed E-state index contributed by atoms with van der Waals surface area (Å²) in [6.07, 6.45) is -12.9. The smallest absolute Gasteiger partial charge is 0.419 e. The fraction of sp³-hybridized carbons (Fsp3) is 0.268. The second-order valence-corrected chi connectivity index (χ2v) is 31.1. The Bertz CT molecular complexity index is 6710. The minimum Gasteiger partial charge on any atom is -0.496 e. The van der Waals surface area contributed by atoms with Crippen molar-refractivity contribution in [2.24, 2.45) is 35.2 Å². The van der Waals surface area contributed by atoms with Crippen LogP contribution in [0.3, 0.4) is 0 Å². The number of nitrogens with zero attached hydrogens (tertiary/aromatic N) is 10. The third-order valence-electron chi connectivity index (χ3n) is 21.0. The van der Waals surface area contributed by atoms with Gasteiger partial charge in [-0.15, -0.1) is 0 Å². The standard InChI is InChI=1S/C20H17F3N2O3.C20H17F3N2O2.2C20H20N2O2.C17H17F3N2O2/c1-25-19(27)15-6-4-3-5-14(15)17(24-25)11-13(26)9-12-7-8-18(28-2)16(10-12)20(21,22)23;1-12-7-8-13(10-17(12)20(21,22)23)9-14(26)11-18-15-5-3-4-6-16(15)19(27)25(2)24-18;2*1-13-8-9-15(14(2)10-13)11-16(23)12-19-17-6-4-5-7-18(17)20(24)22(3)21-19;1-10-4-5-12(8-15(10)17(18,19)20)7-14(23)9-13-6-11(2)16(24)22(3)21-13/h3-8,10H,9,11H2,1-2H3;3-8,10H,9,11H2,1-2H3;2*4-10H,11-12H2,1-3H3;4-6,8H,7,9H2,1-3H3. The average molecular weight is 1740 g/mol. The predicted octanol–water partition coefficient (Wildman–Crippen LogP) is 15.5. The minimum absolute atomic E-state index is 0.0375. The molecule has 14 aromatic rings. The first-order valence-corrected chi connectivity index (χ1v) is 40.0. The lowest BCUT2D eigenvalue weighted by atomic mass is 9.98. The maximum atomic E-state index is 13.1. The highest BCUT2D eigenvalue weighted by Gasteiger charge is 2.36. The van der Waals surface area contributed by atoms with E-state index in [1.165, 1.54) is 103 Å². The van der Waals surface area contributed by atoms with Gasteiger partial charge in [0, 0.05) is 94.5 Å². The number of carbonyl (C=O) groups is 5. The third-order valence-corrected chi connectivity index (χ3v) is 21.0. The topological polar surface area (TPSA) is 269 Å². The number of Topliss-reactive ketones (excluding diaryl/α,β-unsaturated/α-hetero) is 5. The lowest BCUT2D eigenvalue weighted by molar-refractivity contribution is -0.139. The Labute approximate surface area is 722 Å². The van der Waals surface area contributed by atoms with E-state index in [-0.39, 0.29) is 131 Å². The van der Waals surface area contributed by atoms with Crippen molar-refractivity contribution >= 4 is 72.0 Å². The number of rotatable bonds is 21. The Morgan fingerprint density at radius 3 is 0.850 bits per heavy atom. The molecule has 0 aliphatic rings. The maximum absolute atomic E-state index is 13.1. The molecule has 0 saturated heterocycles. The van der Waals surface area contributed by atoms with Crippen LogP contribution in [0.15, 0.2) is 218 Å². The van der Waals surface area contributed by atoms with Crippen LogP contribution in [0, 0.1) is 48.5 Å². The second kappa shape index (κ2) is 40.7. The molecule has 5 heterocycles. The molecule has 30 heteroatoms. The maximum Gasteiger partial charge on any atom is 0.419 e. The summed E-state index contributed by atoms with van der Waals surface area (Å²) in [5, 5.41) is 25.6. The molecule has 127 heavy (non-hydrogen) atoms. The van der Waals surface area contributed by atoms with E-state index in [2.05, 4.69) is 37.6 Å². The highest BCUT2D eigenvalue weighted by Crippen LogP contribution is 2.38. The molecule has 0 unspecified atom stereocenters. The normalized spacial score (nSPS) is 11.4. The van der Waals surface area contributed by atoms with Crippen LogP contribution in [0.5, 0.6) is 5.75 Å². The number of aromatic nitrogens is 10. The van der Waals surface area contributed by atoms with Crippen LogP contribution in [-0.4, -0.2) is 84.9 Å². The number of hydrogen-bond donors (Lipinski definition) is 0. The van der Waals surface area contributed by atoms with Crippen LogP contribution < -0.4 is 32.5 Å². The number of alkyl halides is 9. The monoisotopic (exact) mass is 1740 g/mol. The van der Waals surface area contributed by atoms with Crippen molar-refractivity contribution < 1.29 is 68.2 Å². The molecule has 0 N–H and O–H groups in total. The van der Waals surface area contributed by atoms with E-state index in [1.54, 1.807) is 81.7 Å². The molecule has 0 fully saturated rings. The van der Waals surface area contributed by atoms with Gasteiger partial charge in [-0.1, -0.05) is 151 Å². The van der Waals surface area contributed by atoms with Gasteiger partial charge in [0.2, 0.25) is 0 Å². The molecule has 0 amide bonds. The molecule has 0 bridgehead atoms. The first kappa shape index (κ1) is 95.2. The molecule has 0 radical (unpaired) electrons. The summed E-state index contributed by atoms with van der Waals surface area (Å²) in [5.74, 6) is -0.957. The van der Waals surface area contributed by atoms with E-state index in [4.69, 9.17) is 4.74 Å². The van der Waals surface area contributed by atoms with Crippen molar-refractivity contribution in [3.8, 4) is 5.75 Å². The van der Waals surface area contributed by atoms with Crippen LogP contribution in [0.25, 0.3) is 43.1 Å². The zero-order valence-electron chi connectivity index (χ0n) is 71.9. The summed E-state index contributed by atoms with van der Waals surface area (Å²) < 4.78 is 128. The van der Waals surface area contributed by atoms with Crippen molar-refractivity contribution in [3.63, 3.8) is 0 Å². The summed E-state index contributed by atoms with van der Waals surface area (Å²) in [6, 6.07) is 53.3. The van der Waals surface area contributed by atoms with Gasteiger partial charge in [0.1, 0.15) is 34.7 Å². The Hall–Kier alpha value is -14.1. The van der Waals surface area contributed by atoms with E-state index in [1.807, 2.05) is 88.4 Å². The van der Waals surface area contributed by atoms with Gasteiger partial charge < -0.3 is 4.74 Å². The number of benzene rings is 9. The molecule has 5 aromatic heterocycles. The zero-order valence-corrected chi connectivity index (χ0v) is 71.9. The number of carbonyl (C=O) groups excluding carboxylic acids is 5. The Morgan fingerprint density at radius 2 is 0.559 bits per heavy atom. The molecule has 0 spiro atoms. The molecule has 0 aliphatic carbocycles. The van der Waals surface area contributed by atoms with E-state index >= 15 is 0 Å². The molecule has 658 valence electrons. The molecule has 0 aliphatic heterocycles. The van der Waals surface area contributed by atoms with Crippen LogP contribution in [0.1, 0.15) is 112 Å². The Kier molecular flexibility index (Phi) is 30.5. The van der Waals surface area contributed by atoms with Gasteiger partial charge in [-0.2, -0.15) is 65.0 Å². The first-order valence-electron chi connectivity index (χ1n) is 40.0. The summed E-state index contributed by atoms with van der Waals surface area (Å²) in [7, 11) is 8.87. The molecule has 9 aromatic carbocycles. The van der Waals surface area contributed by atoms with Gasteiger partial charge in [-0.3, -0.25) is 47.9 Å². The van der Waals surface area contributed by atoms with Crippen molar-refractivity contribution in [1.29, 1.82) is 0 Å². The van der Waals surface area contributed by atoms with Gasteiger partial charge in [-0.05, 0) is 153 Å². The van der Waals surface area contributed by atoms with E-state index in [9.17, 15) is 87.5 Å². The number of fused-ring (bicyclic) bond motifs is 4. The van der Waals surface area contributed by atoms with Crippen LogP contribution >= 0.6 is 0 Å². The number of halogens is 9. The average Bonchev–Trinajstić information content (AvgIpc) is 0.802. The number of hydrogen-bond acceptors (Lipinski definition) is 16.